The molecule has 0 aliphatic rings. The fraction of sp³-hybridized carbons (Fsp3) is 0.231. The molecular formula is C13H14O3. The number of carbonyl (C=O) groups is 2. The maximum atomic E-state index is 11.0. The summed E-state index contributed by atoms with van der Waals surface area (Å²) in [4.78, 5) is 21.6. The topological polar surface area (TPSA) is 43.4 Å². The van der Waals surface area contributed by atoms with Gasteiger partial charge in [-0.15, -0.1) is 0 Å². The van der Waals surface area contributed by atoms with E-state index in [1.165, 1.54) is 13.2 Å². The van der Waals surface area contributed by atoms with Gasteiger partial charge in [-0.05, 0) is 25.0 Å². The highest BCUT2D eigenvalue weighted by Gasteiger charge is 2.03. The third kappa shape index (κ3) is 5.10. The summed E-state index contributed by atoms with van der Waals surface area (Å²) in [5, 5.41) is 0. The average molecular weight is 218 g/mol. The van der Waals surface area contributed by atoms with E-state index in [0.29, 0.717) is 6.42 Å². The molecule has 1 aromatic rings. The first-order valence-corrected chi connectivity index (χ1v) is 5.06. The normalized spacial score (nSPS) is 10.3. The van der Waals surface area contributed by atoms with E-state index in [1.54, 1.807) is 6.08 Å². The lowest BCUT2D eigenvalue weighted by molar-refractivity contribution is -0.140. The lowest BCUT2D eigenvalue weighted by Crippen LogP contribution is -2.05. The summed E-state index contributed by atoms with van der Waals surface area (Å²) in [6.07, 6.45) is 3.61. The van der Waals surface area contributed by atoms with Crippen molar-refractivity contribution in [3.05, 3.63) is 48.2 Å². The third-order valence-electron chi connectivity index (χ3n) is 1.89. The van der Waals surface area contributed by atoms with Gasteiger partial charge in [0.25, 0.3) is 0 Å². The summed E-state index contributed by atoms with van der Waals surface area (Å²) in [6.45, 7) is 1.36. The SMILES string of the molecule is CC(=O)CC(=O)OC=CCc1ccccc1. The second kappa shape index (κ2) is 6.56. The third-order valence-corrected chi connectivity index (χ3v) is 1.89. The molecule has 0 aliphatic heterocycles. The summed E-state index contributed by atoms with van der Waals surface area (Å²) in [5.74, 6) is -0.710. The van der Waals surface area contributed by atoms with Gasteiger partial charge in [-0.1, -0.05) is 30.3 Å². The Hall–Kier alpha value is -1.90. The van der Waals surface area contributed by atoms with Crippen LogP contribution < -0.4 is 0 Å². The van der Waals surface area contributed by atoms with Crippen LogP contribution in [0.15, 0.2) is 42.7 Å². The minimum Gasteiger partial charge on any atom is -0.434 e. The van der Waals surface area contributed by atoms with E-state index in [-0.39, 0.29) is 12.2 Å². The molecule has 0 heterocycles. The molecule has 0 N–H and O–H groups in total. The Morgan fingerprint density at radius 3 is 2.56 bits per heavy atom. The largest absolute Gasteiger partial charge is 0.434 e. The molecule has 0 bridgehead atoms. The van der Waals surface area contributed by atoms with Gasteiger partial charge in [-0.3, -0.25) is 9.59 Å². The first-order valence-electron chi connectivity index (χ1n) is 5.06. The monoisotopic (exact) mass is 218 g/mol. The van der Waals surface area contributed by atoms with E-state index >= 15 is 0 Å². The zero-order valence-electron chi connectivity index (χ0n) is 9.18. The zero-order valence-corrected chi connectivity index (χ0v) is 9.18. The average Bonchev–Trinajstić information content (AvgIpc) is 2.25. The molecule has 0 spiro atoms. The number of hydrogen-bond acceptors (Lipinski definition) is 3. The zero-order chi connectivity index (χ0) is 11.8. The van der Waals surface area contributed by atoms with Crippen LogP contribution in [0.5, 0.6) is 0 Å². The van der Waals surface area contributed by atoms with Crippen molar-refractivity contribution >= 4 is 11.8 Å². The molecule has 16 heavy (non-hydrogen) atoms. The Kier molecular flexibility index (Phi) is 4.99. The van der Waals surface area contributed by atoms with Crippen molar-refractivity contribution in [2.75, 3.05) is 0 Å². The molecule has 3 nitrogen and oxygen atoms in total. The van der Waals surface area contributed by atoms with Crippen LogP contribution in [0.1, 0.15) is 18.9 Å². The van der Waals surface area contributed by atoms with Crippen molar-refractivity contribution in [3.8, 4) is 0 Å². The van der Waals surface area contributed by atoms with Crippen LogP contribution in [0.3, 0.4) is 0 Å². The molecule has 1 aromatic carbocycles. The first kappa shape index (κ1) is 12.2. The standard InChI is InChI=1S/C13H14O3/c1-11(14)10-13(15)16-9-5-8-12-6-3-2-4-7-12/h2-7,9H,8,10H2,1H3. The van der Waals surface area contributed by atoms with E-state index < -0.39 is 5.97 Å². The fourth-order valence-electron chi connectivity index (χ4n) is 1.17. The highest BCUT2D eigenvalue weighted by Crippen LogP contribution is 2.00. The summed E-state index contributed by atoms with van der Waals surface area (Å²) in [5.41, 5.74) is 1.14. The number of ketones is 1. The summed E-state index contributed by atoms with van der Waals surface area (Å²) < 4.78 is 4.73. The maximum Gasteiger partial charge on any atom is 0.318 e. The van der Waals surface area contributed by atoms with E-state index in [4.69, 9.17) is 4.74 Å². The molecule has 3 heteroatoms. The molecular weight excluding hydrogens is 204 g/mol. The molecule has 1 rings (SSSR count). The number of benzene rings is 1. The first-order chi connectivity index (χ1) is 7.68. The number of hydrogen-bond donors (Lipinski definition) is 0. The van der Waals surface area contributed by atoms with E-state index in [0.717, 1.165) is 5.56 Å². The van der Waals surface area contributed by atoms with Gasteiger partial charge in [0.05, 0.1) is 6.26 Å². The number of esters is 1. The van der Waals surface area contributed by atoms with Gasteiger partial charge in [-0.25, -0.2) is 0 Å². The van der Waals surface area contributed by atoms with Gasteiger partial charge < -0.3 is 4.74 Å². The Morgan fingerprint density at radius 2 is 1.94 bits per heavy atom. The minimum absolute atomic E-state index is 0.171. The number of ether oxygens (including phenoxy) is 1. The van der Waals surface area contributed by atoms with Gasteiger partial charge in [0.15, 0.2) is 0 Å². The Balaban J connectivity index is 2.28. The fourth-order valence-corrected chi connectivity index (χ4v) is 1.17. The molecule has 0 fully saturated rings. The van der Waals surface area contributed by atoms with Crippen molar-refractivity contribution in [1.29, 1.82) is 0 Å². The molecule has 0 aliphatic carbocycles. The van der Waals surface area contributed by atoms with Gasteiger partial charge >= 0.3 is 5.97 Å². The summed E-state index contributed by atoms with van der Waals surface area (Å²) >= 11 is 0. The molecule has 0 atom stereocenters. The van der Waals surface area contributed by atoms with Crippen LogP contribution >= 0.6 is 0 Å². The lowest BCUT2D eigenvalue weighted by atomic mass is 10.2. The number of allylic oxidation sites excluding steroid dienone is 1. The van der Waals surface area contributed by atoms with Crippen LogP contribution in [0.4, 0.5) is 0 Å². The van der Waals surface area contributed by atoms with Crippen LogP contribution in [0.2, 0.25) is 0 Å². The van der Waals surface area contributed by atoms with Gasteiger partial charge in [0, 0.05) is 0 Å². The number of Topliss-reactive ketones (excluding diaryl/α,β-unsaturated/α-hetero) is 1. The summed E-state index contributed by atoms with van der Waals surface area (Å²) in [6, 6.07) is 9.82. The minimum atomic E-state index is -0.517. The Morgan fingerprint density at radius 1 is 1.25 bits per heavy atom. The van der Waals surface area contributed by atoms with Crippen molar-refractivity contribution in [3.63, 3.8) is 0 Å². The van der Waals surface area contributed by atoms with Crippen LogP contribution in [-0.2, 0) is 20.7 Å². The highest BCUT2D eigenvalue weighted by atomic mass is 16.5. The van der Waals surface area contributed by atoms with Crippen molar-refractivity contribution < 1.29 is 14.3 Å². The van der Waals surface area contributed by atoms with Gasteiger partial charge in [0.2, 0.25) is 0 Å². The smallest absolute Gasteiger partial charge is 0.318 e. The van der Waals surface area contributed by atoms with Crippen LogP contribution in [0, 0.1) is 0 Å². The second-order valence-electron chi connectivity index (χ2n) is 3.43. The highest BCUT2D eigenvalue weighted by molar-refractivity contribution is 5.94. The van der Waals surface area contributed by atoms with Crippen LogP contribution in [0.25, 0.3) is 0 Å². The second-order valence-corrected chi connectivity index (χ2v) is 3.43. The van der Waals surface area contributed by atoms with E-state index in [1.807, 2.05) is 30.3 Å². The molecule has 84 valence electrons. The summed E-state index contributed by atoms with van der Waals surface area (Å²) in [7, 11) is 0. The molecule has 0 radical (unpaired) electrons. The van der Waals surface area contributed by atoms with Crippen LogP contribution in [-0.4, -0.2) is 11.8 Å². The van der Waals surface area contributed by atoms with E-state index in [9.17, 15) is 9.59 Å². The predicted octanol–water partition coefficient (Wildman–Crippen LogP) is 2.27. The maximum absolute atomic E-state index is 11.0. The van der Waals surface area contributed by atoms with Gasteiger partial charge in [0.1, 0.15) is 12.2 Å². The molecule has 0 saturated carbocycles. The Labute approximate surface area is 94.7 Å². The Bertz CT molecular complexity index is 379. The number of carbonyl (C=O) groups excluding carboxylic acids is 2. The molecule has 0 aromatic heterocycles. The van der Waals surface area contributed by atoms with Crippen molar-refractivity contribution in [2.24, 2.45) is 0 Å². The van der Waals surface area contributed by atoms with E-state index in [2.05, 4.69) is 0 Å². The van der Waals surface area contributed by atoms with Crippen molar-refractivity contribution in [2.45, 2.75) is 19.8 Å². The van der Waals surface area contributed by atoms with Gasteiger partial charge in [-0.2, -0.15) is 0 Å². The van der Waals surface area contributed by atoms with Crippen molar-refractivity contribution in [1.82, 2.24) is 0 Å². The number of rotatable bonds is 5. The quantitative estimate of drug-likeness (QED) is 0.432. The molecule has 0 unspecified atom stereocenters. The lowest BCUT2D eigenvalue weighted by Gasteiger charge is -1.96. The molecule has 0 amide bonds. The predicted molar refractivity (Wildman–Crippen MR) is 60.7 cm³/mol. The molecule has 0 saturated heterocycles.